The maximum absolute atomic E-state index is 13.1. The fourth-order valence-corrected chi connectivity index (χ4v) is 3.04. The van der Waals surface area contributed by atoms with Crippen LogP contribution in [0.1, 0.15) is 24.3 Å². The lowest BCUT2D eigenvalue weighted by atomic mass is 10.1. The minimum Gasteiger partial charge on any atom is -0.339 e. The second-order valence-corrected chi connectivity index (χ2v) is 6.76. The van der Waals surface area contributed by atoms with Crippen molar-refractivity contribution in [2.75, 3.05) is 5.32 Å². The fraction of sp³-hybridized carbons (Fsp3) is 0.190. The Kier molecular flexibility index (Phi) is 5.34. The summed E-state index contributed by atoms with van der Waals surface area (Å²) in [4.78, 5) is 29.2. The third-order valence-electron chi connectivity index (χ3n) is 4.56. The second-order valence-electron chi connectivity index (χ2n) is 6.76. The average molecular weight is 407 g/mol. The molecule has 152 valence electrons. The number of halogens is 1. The largest absolute Gasteiger partial charge is 0.339 e. The summed E-state index contributed by atoms with van der Waals surface area (Å²) in [6.45, 7) is 1.84. The standard InChI is InChI=1S/C21H18FN5O3/c1-13-23-20(26-30-13)16-4-2-3-5-17(16)24-21(29)18-10-11-19(28)27(25-18)12-14-6-8-15(22)9-7-14/h2-9H,10-12H2,1H3,(H,24,29). The van der Waals surface area contributed by atoms with Crippen LogP contribution in [0.15, 0.2) is 58.2 Å². The van der Waals surface area contributed by atoms with Crippen molar-refractivity contribution in [3.8, 4) is 11.4 Å². The Morgan fingerprint density at radius 2 is 1.93 bits per heavy atom. The van der Waals surface area contributed by atoms with Gasteiger partial charge in [-0.15, -0.1) is 0 Å². The van der Waals surface area contributed by atoms with E-state index in [-0.39, 0.29) is 36.8 Å². The Balaban J connectivity index is 1.53. The molecule has 0 spiro atoms. The molecule has 0 bridgehead atoms. The maximum Gasteiger partial charge on any atom is 0.271 e. The van der Waals surface area contributed by atoms with Gasteiger partial charge in [0, 0.05) is 25.3 Å². The number of hydrogen-bond donors (Lipinski definition) is 1. The molecule has 2 aromatic carbocycles. The molecule has 4 rings (SSSR count). The number of rotatable bonds is 5. The first kappa shape index (κ1) is 19.4. The quantitative estimate of drug-likeness (QED) is 0.699. The van der Waals surface area contributed by atoms with Gasteiger partial charge in [-0.1, -0.05) is 29.4 Å². The molecule has 0 saturated carbocycles. The third kappa shape index (κ3) is 4.24. The van der Waals surface area contributed by atoms with Gasteiger partial charge in [0.1, 0.15) is 11.5 Å². The van der Waals surface area contributed by atoms with Gasteiger partial charge in [-0.3, -0.25) is 9.59 Å². The van der Waals surface area contributed by atoms with Crippen molar-refractivity contribution >= 4 is 23.2 Å². The number of carbonyl (C=O) groups excluding carboxylic acids is 2. The van der Waals surface area contributed by atoms with Crippen LogP contribution >= 0.6 is 0 Å². The Hall–Kier alpha value is -3.88. The number of nitrogens with zero attached hydrogens (tertiary/aromatic N) is 4. The van der Waals surface area contributed by atoms with Crippen molar-refractivity contribution in [2.45, 2.75) is 26.3 Å². The van der Waals surface area contributed by atoms with E-state index in [9.17, 15) is 14.0 Å². The summed E-state index contributed by atoms with van der Waals surface area (Å²) in [6.07, 6.45) is 0.396. The molecule has 1 aromatic heterocycles. The summed E-state index contributed by atoms with van der Waals surface area (Å²) in [7, 11) is 0. The van der Waals surface area contributed by atoms with Gasteiger partial charge in [0.15, 0.2) is 0 Å². The van der Waals surface area contributed by atoms with Crippen LogP contribution < -0.4 is 5.32 Å². The maximum atomic E-state index is 13.1. The number of aromatic nitrogens is 2. The van der Waals surface area contributed by atoms with E-state index in [0.717, 1.165) is 0 Å². The number of anilines is 1. The molecule has 0 radical (unpaired) electrons. The van der Waals surface area contributed by atoms with E-state index in [1.165, 1.54) is 17.1 Å². The Bertz CT molecular complexity index is 1120. The second kappa shape index (κ2) is 8.24. The number of hydrogen-bond acceptors (Lipinski definition) is 6. The number of benzene rings is 2. The van der Waals surface area contributed by atoms with E-state index < -0.39 is 5.91 Å². The van der Waals surface area contributed by atoms with Crippen LogP contribution in [0.5, 0.6) is 0 Å². The lowest BCUT2D eigenvalue weighted by Gasteiger charge is -2.23. The van der Waals surface area contributed by atoms with E-state index in [4.69, 9.17) is 4.52 Å². The van der Waals surface area contributed by atoms with E-state index >= 15 is 0 Å². The normalized spacial score (nSPS) is 13.9. The van der Waals surface area contributed by atoms with Crippen molar-refractivity contribution < 1.29 is 18.5 Å². The number of amides is 2. The predicted molar refractivity (Wildman–Crippen MR) is 107 cm³/mol. The highest BCUT2D eigenvalue weighted by Gasteiger charge is 2.25. The highest BCUT2D eigenvalue weighted by Crippen LogP contribution is 2.26. The number of nitrogens with one attached hydrogen (secondary N) is 1. The van der Waals surface area contributed by atoms with E-state index in [1.807, 2.05) is 0 Å². The summed E-state index contributed by atoms with van der Waals surface area (Å²) in [5.74, 6) is -0.194. The highest BCUT2D eigenvalue weighted by molar-refractivity contribution is 6.43. The summed E-state index contributed by atoms with van der Waals surface area (Å²) in [6, 6.07) is 12.9. The van der Waals surface area contributed by atoms with Crippen molar-refractivity contribution in [1.29, 1.82) is 0 Å². The van der Waals surface area contributed by atoms with Crippen molar-refractivity contribution in [2.24, 2.45) is 5.10 Å². The van der Waals surface area contributed by atoms with Gasteiger partial charge < -0.3 is 9.84 Å². The van der Waals surface area contributed by atoms with Crippen molar-refractivity contribution in [3.63, 3.8) is 0 Å². The van der Waals surface area contributed by atoms with Gasteiger partial charge in [-0.2, -0.15) is 10.1 Å². The van der Waals surface area contributed by atoms with Crippen LogP contribution in [0.3, 0.4) is 0 Å². The molecule has 0 fully saturated rings. The van der Waals surface area contributed by atoms with Crippen molar-refractivity contribution in [1.82, 2.24) is 15.1 Å². The van der Waals surface area contributed by atoms with Gasteiger partial charge in [0.05, 0.1) is 12.2 Å². The van der Waals surface area contributed by atoms with E-state index in [1.54, 1.807) is 43.3 Å². The molecular weight excluding hydrogens is 389 g/mol. The molecule has 30 heavy (non-hydrogen) atoms. The summed E-state index contributed by atoms with van der Waals surface area (Å²) in [5, 5.41) is 12.2. The van der Waals surface area contributed by atoms with Gasteiger partial charge in [0.2, 0.25) is 17.6 Å². The van der Waals surface area contributed by atoms with E-state index in [2.05, 4.69) is 20.6 Å². The Morgan fingerprint density at radius 3 is 2.67 bits per heavy atom. The molecule has 8 nitrogen and oxygen atoms in total. The Morgan fingerprint density at radius 1 is 1.17 bits per heavy atom. The Labute approximate surface area is 171 Å². The molecule has 2 amide bonds. The zero-order chi connectivity index (χ0) is 21.1. The smallest absolute Gasteiger partial charge is 0.271 e. The minimum atomic E-state index is -0.417. The summed E-state index contributed by atoms with van der Waals surface area (Å²) < 4.78 is 18.1. The molecule has 0 unspecified atom stereocenters. The zero-order valence-corrected chi connectivity index (χ0v) is 16.1. The van der Waals surface area contributed by atoms with Crippen molar-refractivity contribution in [3.05, 3.63) is 65.8 Å². The zero-order valence-electron chi connectivity index (χ0n) is 16.1. The van der Waals surface area contributed by atoms with Crippen LogP contribution in [0.25, 0.3) is 11.4 Å². The number of carbonyl (C=O) groups is 2. The van der Waals surface area contributed by atoms with Gasteiger partial charge in [-0.05, 0) is 29.8 Å². The topological polar surface area (TPSA) is 101 Å². The number of aryl methyl sites for hydroxylation is 1. The van der Waals surface area contributed by atoms with Crippen LogP contribution in [-0.2, 0) is 16.1 Å². The van der Waals surface area contributed by atoms with Gasteiger partial charge >= 0.3 is 0 Å². The molecule has 1 N–H and O–H groups in total. The fourth-order valence-electron chi connectivity index (χ4n) is 3.04. The van der Waals surface area contributed by atoms with Gasteiger partial charge in [0.25, 0.3) is 5.91 Å². The molecular formula is C21H18FN5O3. The predicted octanol–water partition coefficient (Wildman–Crippen LogP) is 3.30. The lowest BCUT2D eigenvalue weighted by Crippen LogP contribution is -2.36. The summed E-state index contributed by atoms with van der Waals surface area (Å²) >= 11 is 0. The van der Waals surface area contributed by atoms with Crippen LogP contribution in [0.2, 0.25) is 0 Å². The molecule has 0 atom stereocenters. The molecule has 1 aliphatic rings. The number of hydrazone groups is 1. The highest BCUT2D eigenvalue weighted by atomic mass is 19.1. The van der Waals surface area contributed by atoms with E-state index in [0.29, 0.717) is 28.5 Å². The van der Waals surface area contributed by atoms with Crippen LogP contribution in [-0.4, -0.2) is 32.7 Å². The molecule has 9 heteroatoms. The SMILES string of the molecule is Cc1nc(-c2ccccc2NC(=O)C2=NN(Cc3ccc(F)cc3)C(=O)CC2)no1. The molecule has 0 aliphatic carbocycles. The molecule has 2 heterocycles. The van der Waals surface area contributed by atoms with Crippen LogP contribution in [0.4, 0.5) is 10.1 Å². The first-order valence-electron chi connectivity index (χ1n) is 9.33. The first-order chi connectivity index (χ1) is 14.5. The lowest BCUT2D eigenvalue weighted by molar-refractivity contribution is -0.132. The third-order valence-corrected chi connectivity index (χ3v) is 4.56. The summed E-state index contributed by atoms with van der Waals surface area (Å²) in [5.41, 5.74) is 2.06. The van der Waals surface area contributed by atoms with Crippen LogP contribution in [0, 0.1) is 12.7 Å². The minimum absolute atomic E-state index is 0.161. The average Bonchev–Trinajstić information content (AvgIpc) is 3.17. The first-order valence-corrected chi connectivity index (χ1v) is 9.33. The molecule has 1 aliphatic heterocycles. The van der Waals surface area contributed by atoms with Gasteiger partial charge in [-0.25, -0.2) is 9.40 Å². The monoisotopic (exact) mass is 407 g/mol. The number of para-hydroxylation sites is 1. The molecule has 0 saturated heterocycles. The molecule has 3 aromatic rings.